The zero-order chi connectivity index (χ0) is 17.5. The van der Waals surface area contributed by atoms with Gasteiger partial charge < -0.3 is 0 Å². The van der Waals surface area contributed by atoms with Crippen molar-refractivity contribution in [2.45, 2.75) is 32.2 Å². The number of thiophene rings is 1. The summed E-state index contributed by atoms with van der Waals surface area (Å²) < 4.78 is 0. The van der Waals surface area contributed by atoms with Crippen LogP contribution in [0.5, 0.6) is 0 Å². The summed E-state index contributed by atoms with van der Waals surface area (Å²) in [6, 6.07) is 5.11. The van der Waals surface area contributed by atoms with Gasteiger partial charge in [0, 0.05) is 18.0 Å². The van der Waals surface area contributed by atoms with Crippen molar-refractivity contribution in [2.24, 2.45) is 0 Å². The van der Waals surface area contributed by atoms with Crippen LogP contribution in [0.2, 0.25) is 0 Å². The predicted molar refractivity (Wildman–Crippen MR) is 90.8 cm³/mol. The number of ketones is 1. The average molecular weight is 343 g/mol. The lowest BCUT2D eigenvalue weighted by Crippen LogP contribution is -2.54. The van der Waals surface area contributed by atoms with Gasteiger partial charge in [-0.1, -0.05) is 6.07 Å². The monoisotopic (exact) mass is 343 g/mol. The molecule has 0 bridgehead atoms. The smallest absolute Gasteiger partial charge is 0.261 e. The molecule has 2 amide bonds. The first-order valence-electron chi connectivity index (χ1n) is 7.46. The minimum atomic E-state index is -0.975. The lowest BCUT2D eigenvalue weighted by atomic mass is 9.97. The summed E-state index contributed by atoms with van der Waals surface area (Å²) in [6.07, 6.45) is 3.68. The third kappa shape index (κ3) is 2.50. The Labute approximate surface area is 143 Å². The van der Waals surface area contributed by atoms with E-state index < -0.39 is 17.4 Å². The number of carbonyl (C=O) groups excluding carboxylic acids is 3. The second-order valence-electron chi connectivity index (χ2n) is 6.48. The molecule has 1 atom stereocenters. The van der Waals surface area contributed by atoms with Crippen molar-refractivity contribution in [3.8, 4) is 0 Å². The summed E-state index contributed by atoms with van der Waals surface area (Å²) in [4.78, 5) is 42.0. The van der Waals surface area contributed by atoms with Gasteiger partial charge in [0.05, 0.1) is 16.1 Å². The van der Waals surface area contributed by atoms with Crippen LogP contribution in [0.4, 0.5) is 5.69 Å². The second kappa shape index (κ2) is 5.83. The number of fused-ring (bicyclic) bond motifs is 1. The Hall–Kier alpha value is -2.54. The first-order chi connectivity index (χ1) is 11.4. The number of anilines is 1. The normalized spacial score (nSPS) is 16.9. The Morgan fingerprint density at radius 1 is 1.38 bits per heavy atom. The standard InChI is InChI=1S/C17H17N3O3S/c1-17(2,3)19(10-21)20-12-6-7-18-9-11(12)14(16(20)23)15(22)13-5-4-8-24-13/h4-10,14H,1-3H3. The Morgan fingerprint density at radius 3 is 2.71 bits per heavy atom. The number of nitrogens with zero attached hydrogens (tertiary/aromatic N) is 3. The van der Waals surface area contributed by atoms with E-state index in [0.717, 1.165) is 0 Å². The number of hydrazine groups is 1. The van der Waals surface area contributed by atoms with Crippen molar-refractivity contribution in [3.05, 3.63) is 46.4 Å². The van der Waals surface area contributed by atoms with Crippen molar-refractivity contribution < 1.29 is 14.4 Å². The van der Waals surface area contributed by atoms with E-state index in [2.05, 4.69) is 4.98 Å². The molecule has 1 unspecified atom stereocenters. The highest BCUT2D eigenvalue weighted by atomic mass is 32.1. The van der Waals surface area contributed by atoms with Crippen molar-refractivity contribution in [3.63, 3.8) is 0 Å². The van der Waals surface area contributed by atoms with Gasteiger partial charge in [-0.3, -0.25) is 19.4 Å². The molecule has 6 nitrogen and oxygen atoms in total. The van der Waals surface area contributed by atoms with Crippen LogP contribution in [-0.4, -0.2) is 33.6 Å². The number of hydrogen-bond acceptors (Lipinski definition) is 5. The number of aromatic nitrogens is 1. The van der Waals surface area contributed by atoms with Crippen LogP contribution in [-0.2, 0) is 9.59 Å². The van der Waals surface area contributed by atoms with Crippen molar-refractivity contribution in [1.82, 2.24) is 9.99 Å². The molecule has 0 saturated carbocycles. The summed E-state index contributed by atoms with van der Waals surface area (Å²) in [5.41, 5.74) is 0.433. The number of rotatable bonds is 4. The Balaban J connectivity index is 2.10. The molecule has 0 saturated heterocycles. The number of hydrogen-bond donors (Lipinski definition) is 0. The molecule has 0 N–H and O–H groups in total. The van der Waals surface area contributed by atoms with Gasteiger partial charge in [0.15, 0.2) is 5.78 Å². The molecule has 7 heteroatoms. The van der Waals surface area contributed by atoms with Crippen LogP contribution < -0.4 is 5.01 Å². The maximum atomic E-state index is 13.0. The summed E-state index contributed by atoms with van der Waals surface area (Å²) in [5, 5.41) is 4.40. The van der Waals surface area contributed by atoms with Gasteiger partial charge in [-0.05, 0) is 38.3 Å². The van der Waals surface area contributed by atoms with Crippen LogP contribution in [0.1, 0.15) is 41.9 Å². The molecule has 0 aliphatic carbocycles. The highest BCUT2D eigenvalue weighted by Gasteiger charge is 2.46. The molecule has 0 spiro atoms. The SMILES string of the molecule is CC(C)(C)N(C=O)N1C(=O)C(C(=O)c2cccs2)c2cnccc21. The topological polar surface area (TPSA) is 70.6 Å². The van der Waals surface area contributed by atoms with E-state index >= 15 is 0 Å². The molecule has 24 heavy (non-hydrogen) atoms. The highest BCUT2D eigenvalue weighted by molar-refractivity contribution is 7.12. The quantitative estimate of drug-likeness (QED) is 0.486. The lowest BCUT2D eigenvalue weighted by Gasteiger charge is -2.38. The fourth-order valence-electron chi connectivity index (χ4n) is 2.73. The molecule has 0 fully saturated rings. The minimum Gasteiger partial charge on any atom is -0.292 e. The van der Waals surface area contributed by atoms with E-state index in [0.29, 0.717) is 22.5 Å². The molecule has 0 radical (unpaired) electrons. The Kier molecular flexibility index (Phi) is 3.96. The summed E-state index contributed by atoms with van der Waals surface area (Å²) in [7, 11) is 0. The second-order valence-corrected chi connectivity index (χ2v) is 7.43. The molecule has 3 heterocycles. The first kappa shape index (κ1) is 16.3. The molecule has 1 aliphatic rings. The summed E-state index contributed by atoms with van der Waals surface area (Å²) in [6.45, 7) is 5.47. The molecular weight excluding hydrogens is 326 g/mol. The Morgan fingerprint density at radius 2 is 2.12 bits per heavy atom. The van der Waals surface area contributed by atoms with Gasteiger partial charge in [-0.25, -0.2) is 10.0 Å². The number of amides is 2. The van der Waals surface area contributed by atoms with Crippen LogP contribution in [0.15, 0.2) is 36.0 Å². The summed E-state index contributed by atoms with van der Waals surface area (Å²) in [5.74, 6) is -1.68. The maximum Gasteiger partial charge on any atom is 0.261 e. The predicted octanol–water partition coefficient (Wildman–Crippen LogP) is 2.63. The van der Waals surface area contributed by atoms with E-state index in [1.165, 1.54) is 27.6 Å². The van der Waals surface area contributed by atoms with Gasteiger partial charge >= 0.3 is 0 Å². The van der Waals surface area contributed by atoms with E-state index in [1.54, 1.807) is 29.8 Å². The van der Waals surface area contributed by atoms with E-state index in [4.69, 9.17) is 0 Å². The molecule has 1 aliphatic heterocycles. The van der Waals surface area contributed by atoms with Gasteiger partial charge in [-0.2, -0.15) is 0 Å². The first-order valence-corrected chi connectivity index (χ1v) is 8.34. The molecule has 3 rings (SSSR count). The van der Waals surface area contributed by atoms with Gasteiger partial charge in [0.25, 0.3) is 5.91 Å². The fourth-order valence-corrected chi connectivity index (χ4v) is 3.43. The Bertz CT molecular complexity index is 796. The third-order valence-electron chi connectivity index (χ3n) is 3.85. The van der Waals surface area contributed by atoms with E-state index in [9.17, 15) is 14.4 Å². The molecule has 124 valence electrons. The summed E-state index contributed by atoms with van der Waals surface area (Å²) >= 11 is 1.29. The molecule has 2 aromatic heterocycles. The van der Waals surface area contributed by atoms with Crippen LogP contribution in [0.3, 0.4) is 0 Å². The number of Topliss-reactive ketones (excluding diaryl/α,β-unsaturated/α-hetero) is 1. The van der Waals surface area contributed by atoms with E-state index in [-0.39, 0.29) is 5.78 Å². The maximum absolute atomic E-state index is 13.0. The van der Waals surface area contributed by atoms with Crippen LogP contribution in [0, 0.1) is 0 Å². The molecular formula is C17H17N3O3S. The van der Waals surface area contributed by atoms with Crippen molar-refractivity contribution in [2.75, 3.05) is 5.01 Å². The van der Waals surface area contributed by atoms with Crippen molar-refractivity contribution >= 4 is 35.1 Å². The van der Waals surface area contributed by atoms with Gasteiger partial charge in [0.2, 0.25) is 6.41 Å². The average Bonchev–Trinajstić information content (AvgIpc) is 3.14. The largest absolute Gasteiger partial charge is 0.292 e. The lowest BCUT2D eigenvalue weighted by molar-refractivity contribution is -0.132. The molecule has 0 aromatic carbocycles. The van der Waals surface area contributed by atoms with Gasteiger partial charge in [-0.15, -0.1) is 11.3 Å². The van der Waals surface area contributed by atoms with Crippen molar-refractivity contribution in [1.29, 1.82) is 0 Å². The minimum absolute atomic E-state index is 0.272. The van der Waals surface area contributed by atoms with Gasteiger partial charge in [0.1, 0.15) is 5.92 Å². The number of carbonyl (C=O) groups is 3. The highest BCUT2D eigenvalue weighted by Crippen LogP contribution is 2.41. The zero-order valence-corrected chi connectivity index (χ0v) is 14.4. The van der Waals surface area contributed by atoms with Crippen LogP contribution >= 0.6 is 11.3 Å². The fraction of sp³-hybridized carbons (Fsp3) is 0.294. The van der Waals surface area contributed by atoms with Crippen LogP contribution in [0.25, 0.3) is 0 Å². The zero-order valence-electron chi connectivity index (χ0n) is 13.6. The number of pyridine rings is 1. The third-order valence-corrected chi connectivity index (χ3v) is 4.74. The van der Waals surface area contributed by atoms with E-state index in [1.807, 2.05) is 20.8 Å². The molecule has 2 aromatic rings.